The first-order valence-corrected chi connectivity index (χ1v) is 18.0. The van der Waals surface area contributed by atoms with Gasteiger partial charge in [-0.1, -0.05) is 56.0 Å². The third-order valence-electron chi connectivity index (χ3n) is 8.29. The number of unbranched alkanes of at least 4 members (excludes halogenated alkanes) is 6. The number of hydrogen-bond acceptors (Lipinski definition) is 9. The van der Waals surface area contributed by atoms with E-state index in [1.54, 1.807) is 0 Å². The summed E-state index contributed by atoms with van der Waals surface area (Å²) < 4.78 is 27.5. The van der Waals surface area contributed by atoms with E-state index >= 15 is 0 Å². The van der Waals surface area contributed by atoms with E-state index in [4.69, 9.17) is 28.8 Å². The molecule has 2 aromatic rings. The van der Waals surface area contributed by atoms with Crippen LogP contribution in [-0.2, 0) is 28.6 Å². The summed E-state index contributed by atoms with van der Waals surface area (Å²) in [5, 5.41) is 8.86. The third-order valence-corrected chi connectivity index (χ3v) is 8.29. The molecule has 0 aliphatic heterocycles. The maximum Gasteiger partial charge on any atom is 0.335 e. The van der Waals surface area contributed by atoms with Crippen molar-refractivity contribution >= 4 is 30.1 Å². The van der Waals surface area contributed by atoms with Gasteiger partial charge in [0.05, 0.1) is 45.0 Å². The van der Waals surface area contributed by atoms with Crippen molar-refractivity contribution in [2.75, 3.05) is 33.0 Å². The molecule has 0 amide bonds. The second-order valence-corrected chi connectivity index (χ2v) is 12.6. The van der Waals surface area contributed by atoms with Gasteiger partial charge in [0.1, 0.15) is 17.6 Å². The second kappa shape index (κ2) is 23.9. The summed E-state index contributed by atoms with van der Waals surface area (Å²) in [6, 6.07) is 16.0. The molecule has 0 unspecified atom stereocenters. The summed E-state index contributed by atoms with van der Waals surface area (Å²) in [6.07, 6.45) is 16.2. The van der Waals surface area contributed by atoms with Crippen molar-refractivity contribution in [3.05, 3.63) is 84.0 Å². The topological polar surface area (TPSA) is 118 Å². The largest absolute Gasteiger partial charge is 0.494 e. The first-order valence-electron chi connectivity index (χ1n) is 18.0. The minimum atomic E-state index is -0.538. The van der Waals surface area contributed by atoms with Crippen LogP contribution in [-0.4, -0.2) is 62.2 Å². The average Bonchev–Trinajstić information content (AvgIpc) is 3.13. The van der Waals surface area contributed by atoms with Gasteiger partial charge in [-0.25, -0.2) is 9.59 Å². The molecule has 1 aliphatic rings. The maximum atomic E-state index is 12.1. The Balaban J connectivity index is 1.18. The highest BCUT2D eigenvalue weighted by Crippen LogP contribution is 2.21. The molecule has 0 atom stereocenters. The second-order valence-electron chi connectivity index (χ2n) is 12.6. The predicted octanol–water partition coefficient (Wildman–Crippen LogP) is 8.19. The van der Waals surface area contributed by atoms with Gasteiger partial charge in [-0.05, 0) is 112 Å². The fourth-order valence-corrected chi connectivity index (χ4v) is 5.29. The number of carbonyl (C=O) groups excluding carboxylic acids is 3. The minimum Gasteiger partial charge on any atom is -0.494 e. The summed E-state index contributed by atoms with van der Waals surface area (Å²) in [5.41, 5.74) is 2.37. The quantitative estimate of drug-likeness (QED) is 0.0382. The molecule has 0 heterocycles. The third kappa shape index (κ3) is 16.8. The van der Waals surface area contributed by atoms with Gasteiger partial charge >= 0.3 is 17.9 Å². The average molecular weight is 691 g/mol. The smallest absolute Gasteiger partial charge is 0.335 e. The molecule has 50 heavy (non-hydrogen) atoms. The molecule has 0 aromatic heterocycles. The zero-order valence-corrected chi connectivity index (χ0v) is 29.4. The number of aliphatic hydroxyl groups is 1. The molecule has 1 aliphatic carbocycles. The van der Waals surface area contributed by atoms with Crippen molar-refractivity contribution in [1.82, 2.24) is 0 Å². The van der Waals surface area contributed by atoms with Crippen molar-refractivity contribution in [3.63, 3.8) is 0 Å². The first kappa shape index (κ1) is 40.1. The normalized spacial score (nSPS) is 13.1. The van der Waals surface area contributed by atoms with Crippen LogP contribution < -0.4 is 9.47 Å². The lowest BCUT2D eigenvalue weighted by Gasteiger charge is -2.21. The van der Waals surface area contributed by atoms with Crippen molar-refractivity contribution in [3.8, 4) is 11.5 Å². The van der Waals surface area contributed by atoms with Gasteiger partial charge in [0.25, 0.3) is 0 Å². The first-order chi connectivity index (χ1) is 24.3. The van der Waals surface area contributed by atoms with Crippen LogP contribution in [0.5, 0.6) is 11.5 Å². The molecule has 0 spiro atoms. The fraction of sp³-hybridized carbons (Fsp3) is 0.488. The molecule has 9 heteroatoms. The Labute approximate surface area is 297 Å². The van der Waals surface area contributed by atoms with Gasteiger partial charge in [0.2, 0.25) is 0 Å². The molecular weight excluding hydrogens is 636 g/mol. The molecule has 3 rings (SSSR count). The lowest BCUT2D eigenvalue weighted by molar-refractivity contribution is -0.151. The van der Waals surface area contributed by atoms with Crippen LogP contribution >= 0.6 is 0 Å². The van der Waals surface area contributed by atoms with Crippen molar-refractivity contribution in [1.29, 1.82) is 0 Å². The zero-order chi connectivity index (χ0) is 35.8. The molecule has 272 valence electrons. The predicted molar refractivity (Wildman–Crippen MR) is 195 cm³/mol. The molecular formula is C41H54O9. The Morgan fingerprint density at radius 1 is 0.620 bits per heavy atom. The van der Waals surface area contributed by atoms with Gasteiger partial charge in [0, 0.05) is 5.57 Å². The van der Waals surface area contributed by atoms with E-state index in [0.717, 1.165) is 99.7 Å². The van der Waals surface area contributed by atoms with Gasteiger partial charge in [-0.2, -0.15) is 0 Å². The van der Waals surface area contributed by atoms with E-state index in [2.05, 4.69) is 25.3 Å². The Morgan fingerprint density at radius 2 is 1.06 bits per heavy atom. The molecule has 0 saturated heterocycles. The van der Waals surface area contributed by atoms with Crippen molar-refractivity contribution < 1.29 is 43.2 Å². The van der Waals surface area contributed by atoms with Gasteiger partial charge in [-0.3, -0.25) is 4.79 Å². The fourth-order valence-electron chi connectivity index (χ4n) is 5.29. The Kier molecular flexibility index (Phi) is 19.1. The summed E-state index contributed by atoms with van der Waals surface area (Å²) in [5.74, 6) is 0.185. The molecule has 1 saturated carbocycles. The summed E-state index contributed by atoms with van der Waals surface area (Å²) in [7, 11) is 0. The molecule has 1 fully saturated rings. The number of rotatable bonds is 24. The maximum absolute atomic E-state index is 12.1. The van der Waals surface area contributed by atoms with Gasteiger partial charge in [0.15, 0.2) is 0 Å². The molecule has 1 N–H and O–H groups in total. The number of ether oxygens (including phenoxy) is 5. The number of carbonyl (C=O) groups is 3. The highest BCUT2D eigenvalue weighted by molar-refractivity contribution is 5.93. The highest BCUT2D eigenvalue weighted by atomic mass is 16.5. The van der Waals surface area contributed by atoms with Crippen LogP contribution in [0.25, 0.3) is 12.2 Å². The van der Waals surface area contributed by atoms with Crippen LogP contribution in [0, 0.1) is 0 Å². The Hall–Kier alpha value is -4.37. The SMILES string of the molecule is C=C(CO)C(=O)OCCCCCCOc1ccc(/C=C/c2ccc(OCCCCCCOC(=O)C(=C)CC(=O)OC3CCCCC3)cc2)cc1. The molecule has 0 bridgehead atoms. The number of esters is 3. The summed E-state index contributed by atoms with van der Waals surface area (Å²) in [4.78, 5) is 35.6. The molecule has 0 radical (unpaired) electrons. The zero-order valence-electron chi connectivity index (χ0n) is 29.4. The highest BCUT2D eigenvalue weighted by Gasteiger charge is 2.20. The number of benzene rings is 2. The Morgan fingerprint density at radius 3 is 1.52 bits per heavy atom. The lowest BCUT2D eigenvalue weighted by Crippen LogP contribution is -2.22. The van der Waals surface area contributed by atoms with E-state index < -0.39 is 17.9 Å². The van der Waals surface area contributed by atoms with Crippen LogP contribution in [0.4, 0.5) is 0 Å². The molecule has 9 nitrogen and oxygen atoms in total. The summed E-state index contributed by atoms with van der Waals surface area (Å²) >= 11 is 0. The van der Waals surface area contributed by atoms with Crippen LogP contribution in [0.2, 0.25) is 0 Å². The minimum absolute atomic E-state index is 0.0303. The van der Waals surface area contributed by atoms with Gasteiger partial charge < -0.3 is 28.8 Å². The lowest BCUT2D eigenvalue weighted by atomic mass is 9.98. The Bertz CT molecular complexity index is 1360. The van der Waals surface area contributed by atoms with E-state index in [1.165, 1.54) is 6.42 Å². The molecule has 2 aromatic carbocycles. The van der Waals surface area contributed by atoms with Crippen LogP contribution in [0.3, 0.4) is 0 Å². The van der Waals surface area contributed by atoms with Gasteiger partial charge in [-0.15, -0.1) is 0 Å². The van der Waals surface area contributed by atoms with E-state index in [-0.39, 0.29) is 30.3 Å². The van der Waals surface area contributed by atoms with E-state index in [1.807, 2.05) is 48.5 Å². The van der Waals surface area contributed by atoms with Crippen molar-refractivity contribution in [2.24, 2.45) is 0 Å². The number of hydrogen-bond donors (Lipinski definition) is 1. The van der Waals surface area contributed by atoms with Crippen molar-refractivity contribution in [2.45, 2.75) is 96.0 Å². The van der Waals surface area contributed by atoms with E-state index in [0.29, 0.717) is 26.4 Å². The van der Waals surface area contributed by atoms with Crippen LogP contribution in [0.15, 0.2) is 72.8 Å². The standard InChI is InChI=1S/C41H54O9/c1-32(30-39(43)50-38-14-8-7-9-15-38)40(44)48-28-12-5-3-10-26-46-36-22-18-34(19-23-36)16-17-35-20-24-37(25-21-35)47-27-11-4-6-13-29-49-41(45)33(2)31-42/h16-25,38,42H,1-15,26-31H2/b17-16+. The van der Waals surface area contributed by atoms with Crippen LogP contribution in [0.1, 0.15) is 101 Å². The van der Waals surface area contributed by atoms with E-state index in [9.17, 15) is 14.4 Å². The number of aliphatic hydroxyl groups excluding tert-OH is 1. The summed E-state index contributed by atoms with van der Waals surface area (Å²) in [6.45, 7) is 8.64. The monoisotopic (exact) mass is 690 g/mol.